The Morgan fingerprint density at radius 2 is 1.78 bits per heavy atom. The Balaban J connectivity index is 2.01. The van der Waals surface area contributed by atoms with E-state index < -0.39 is 0 Å². The van der Waals surface area contributed by atoms with E-state index in [2.05, 4.69) is 22.3 Å². The molecule has 0 bridgehead atoms. The number of hydrogen-bond donors (Lipinski definition) is 1. The number of pyridine rings is 1. The molecular formula is C14H14N4. The average molecular weight is 238 g/mol. The normalized spacial score (nSPS) is 10.9. The van der Waals surface area contributed by atoms with Crippen LogP contribution in [0.4, 0.5) is 0 Å². The Hall–Kier alpha value is -2.20. The predicted octanol–water partition coefficient (Wildman–Crippen LogP) is 1.78. The lowest BCUT2D eigenvalue weighted by atomic mass is 10.1. The zero-order valence-corrected chi connectivity index (χ0v) is 9.95. The number of nitrogens with two attached hydrogens (primary N) is 1. The minimum atomic E-state index is 0.527. The van der Waals surface area contributed by atoms with Gasteiger partial charge in [0, 0.05) is 19.2 Å². The van der Waals surface area contributed by atoms with Crippen LogP contribution < -0.4 is 5.73 Å². The summed E-state index contributed by atoms with van der Waals surface area (Å²) in [6, 6.07) is 14.2. The molecule has 0 spiro atoms. The van der Waals surface area contributed by atoms with E-state index in [1.165, 1.54) is 5.56 Å². The van der Waals surface area contributed by atoms with Crippen LogP contribution >= 0.6 is 0 Å². The number of hydrogen-bond acceptors (Lipinski definition) is 3. The van der Waals surface area contributed by atoms with Crippen molar-refractivity contribution in [2.45, 2.75) is 13.0 Å². The van der Waals surface area contributed by atoms with Crippen molar-refractivity contribution in [1.29, 1.82) is 0 Å². The fraction of sp³-hybridized carbons (Fsp3) is 0.143. The third-order valence-corrected chi connectivity index (χ3v) is 2.97. The van der Waals surface area contributed by atoms with E-state index in [9.17, 15) is 0 Å². The summed E-state index contributed by atoms with van der Waals surface area (Å²) in [5, 5.41) is 8.40. The molecule has 2 heterocycles. The first-order valence-electron chi connectivity index (χ1n) is 5.93. The van der Waals surface area contributed by atoms with E-state index >= 15 is 0 Å². The zero-order chi connectivity index (χ0) is 12.4. The van der Waals surface area contributed by atoms with E-state index in [1.807, 2.05) is 40.9 Å². The molecule has 4 heteroatoms. The van der Waals surface area contributed by atoms with Crippen LogP contribution in [0.5, 0.6) is 0 Å². The van der Waals surface area contributed by atoms with Crippen LogP contribution in [0.3, 0.4) is 0 Å². The molecule has 0 aliphatic carbocycles. The van der Waals surface area contributed by atoms with Crippen molar-refractivity contribution in [3.05, 3.63) is 65.6 Å². The van der Waals surface area contributed by atoms with E-state index in [1.54, 1.807) is 0 Å². The standard InChI is InChI=1S/C14H14N4/c15-9-12-6-7-13-16-17-14(18(13)10-12)8-11-4-2-1-3-5-11/h1-7,10H,8-9,15H2. The largest absolute Gasteiger partial charge is 0.326 e. The third kappa shape index (κ3) is 1.98. The molecule has 0 saturated carbocycles. The van der Waals surface area contributed by atoms with Crippen molar-refractivity contribution < 1.29 is 0 Å². The molecule has 3 aromatic rings. The Morgan fingerprint density at radius 3 is 2.56 bits per heavy atom. The molecule has 4 nitrogen and oxygen atoms in total. The van der Waals surface area contributed by atoms with Crippen molar-refractivity contribution in [3.8, 4) is 0 Å². The maximum atomic E-state index is 5.66. The minimum absolute atomic E-state index is 0.527. The van der Waals surface area contributed by atoms with Gasteiger partial charge in [-0.1, -0.05) is 36.4 Å². The minimum Gasteiger partial charge on any atom is -0.326 e. The van der Waals surface area contributed by atoms with E-state index in [4.69, 9.17) is 5.73 Å². The second-order valence-corrected chi connectivity index (χ2v) is 4.25. The first-order chi connectivity index (χ1) is 8.86. The maximum Gasteiger partial charge on any atom is 0.160 e. The van der Waals surface area contributed by atoms with Gasteiger partial charge in [-0.25, -0.2) is 0 Å². The Bertz CT molecular complexity index is 658. The van der Waals surface area contributed by atoms with Crippen molar-refractivity contribution >= 4 is 5.65 Å². The number of nitrogens with zero attached hydrogens (tertiary/aromatic N) is 3. The molecule has 3 rings (SSSR count). The predicted molar refractivity (Wildman–Crippen MR) is 70.1 cm³/mol. The van der Waals surface area contributed by atoms with Gasteiger partial charge >= 0.3 is 0 Å². The Kier molecular flexibility index (Phi) is 2.78. The summed E-state index contributed by atoms with van der Waals surface area (Å²) in [6.45, 7) is 0.527. The van der Waals surface area contributed by atoms with Gasteiger partial charge in [-0.05, 0) is 17.2 Å². The fourth-order valence-electron chi connectivity index (χ4n) is 2.00. The van der Waals surface area contributed by atoms with Crippen LogP contribution in [-0.2, 0) is 13.0 Å². The van der Waals surface area contributed by atoms with Gasteiger partial charge in [0.1, 0.15) is 5.82 Å². The maximum absolute atomic E-state index is 5.66. The van der Waals surface area contributed by atoms with Crippen LogP contribution in [-0.4, -0.2) is 14.6 Å². The molecule has 0 radical (unpaired) electrons. The first-order valence-corrected chi connectivity index (χ1v) is 5.93. The Morgan fingerprint density at radius 1 is 0.944 bits per heavy atom. The number of fused-ring (bicyclic) bond motifs is 1. The molecule has 1 aromatic carbocycles. The Labute approximate surface area is 105 Å². The summed E-state index contributed by atoms with van der Waals surface area (Å²) in [5.41, 5.74) is 8.82. The van der Waals surface area contributed by atoms with Gasteiger partial charge in [0.15, 0.2) is 5.65 Å². The van der Waals surface area contributed by atoms with Crippen LogP contribution in [0.25, 0.3) is 5.65 Å². The quantitative estimate of drug-likeness (QED) is 0.756. The van der Waals surface area contributed by atoms with Gasteiger partial charge in [-0.15, -0.1) is 10.2 Å². The SMILES string of the molecule is NCc1ccc2nnc(Cc3ccccc3)n2c1. The highest BCUT2D eigenvalue weighted by Crippen LogP contribution is 2.11. The van der Waals surface area contributed by atoms with E-state index in [0.717, 1.165) is 23.5 Å². The van der Waals surface area contributed by atoms with Gasteiger partial charge in [-0.3, -0.25) is 4.40 Å². The second-order valence-electron chi connectivity index (χ2n) is 4.25. The molecule has 0 fully saturated rings. The zero-order valence-electron chi connectivity index (χ0n) is 9.95. The molecular weight excluding hydrogens is 224 g/mol. The van der Waals surface area contributed by atoms with Crippen molar-refractivity contribution in [2.75, 3.05) is 0 Å². The molecule has 90 valence electrons. The second kappa shape index (κ2) is 4.58. The summed E-state index contributed by atoms with van der Waals surface area (Å²) >= 11 is 0. The summed E-state index contributed by atoms with van der Waals surface area (Å²) in [4.78, 5) is 0. The lowest BCUT2D eigenvalue weighted by molar-refractivity contribution is 0.922. The smallest absolute Gasteiger partial charge is 0.160 e. The van der Waals surface area contributed by atoms with Crippen LogP contribution in [0.1, 0.15) is 17.0 Å². The topological polar surface area (TPSA) is 56.2 Å². The highest BCUT2D eigenvalue weighted by molar-refractivity contribution is 5.40. The van der Waals surface area contributed by atoms with Gasteiger partial charge in [0.05, 0.1) is 0 Å². The molecule has 0 amide bonds. The number of aromatic nitrogens is 3. The molecule has 0 unspecified atom stereocenters. The van der Waals surface area contributed by atoms with Crippen LogP contribution in [0, 0.1) is 0 Å². The molecule has 0 saturated heterocycles. The molecule has 2 N–H and O–H groups in total. The molecule has 18 heavy (non-hydrogen) atoms. The van der Waals surface area contributed by atoms with Gasteiger partial charge in [-0.2, -0.15) is 0 Å². The number of rotatable bonds is 3. The third-order valence-electron chi connectivity index (χ3n) is 2.97. The fourth-order valence-corrected chi connectivity index (χ4v) is 2.00. The highest BCUT2D eigenvalue weighted by atomic mass is 15.2. The first kappa shape index (κ1) is 10.9. The van der Waals surface area contributed by atoms with Gasteiger partial charge in [0.2, 0.25) is 0 Å². The van der Waals surface area contributed by atoms with E-state index in [-0.39, 0.29) is 0 Å². The summed E-state index contributed by atoms with van der Waals surface area (Å²) in [6.07, 6.45) is 2.78. The summed E-state index contributed by atoms with van der Waals surface area (Å²) in [7, 11) is 0. The van der Waals surface area contributed by atoms with Crippen molar-refractivity contribution in [2.24, 2.45) is 5.73 Å². The molecule has 0 aliphatic rings. The summed E-state index contributed by atoms with van der Waals surface area (Å²) in [5.74, 6) is 0.937. The van der Waals surface area contributed by atoms with Crippen LogP contribution in [0.15, 0.2) is 48.7 Å². The van der Waals surface area contributed by atoms with Gasteiger partial charge in [0.25, 0.3) is 0 Å². The van der Waals surface area contributed by atoms with Crippen molar-refractivity contribution in [1.82, 2.24) is 14.6 Å². The van der Waals surface area contributed by atoms with Crippen molar-refractivity contribution in [3.63, 3.8) is 0 Å². The molecule has 0 aliphatic heterocycles. The van der Waals surface area contributed by atoms with Gasteiger partial charge < -0.3 is 5.73 Å². The lowest BCUT2D eigenvalue weighted by Gasteiger charge is -2.02. The monoisotopic (exact) mass is 238 g/mol. The van der Waals surface area contributed by atoms with Crippen LogP contribution in [0.2, 0.25) is 0 Å². The number of benzene rings is 1. The molecule has 0 atom stereocenters. The lowest BCUT2D eigenvalue weighted by Crippen LogP contribution is -2.01. The highest BCUT2D eigenvalue weighted by Gasteiger charge is 2.06. The molecule has 2 aromatic heterocycles. The summed E-state index contributed by atoms with van der Waals surface area (Å²) < 4.78 is 2.01. The average Bonchev–Trinajstić information content (AvgIpc) is 2.82. The van der Waals surface area contributed by atoms with E-state index in [0.29, 0.717) is 6.54 Å².